The van der Waals surface area contributed by atoms with E-state index in [-0.39, 0.29) is 5.91 Å². The van der Waals surface area contributed by atoms with Crippen molar-refractivity contribution in [2.75, 3.05) is 26.3 Å². The van der Waals surface area contributed by atoms with Gasteiger partial charge in [-0.15, -0.1) is 0 Å². The second-order valence-corrected chi connectivity index (χ2v) is 5.53. The molecular weight excluding hydrogens is 226 g/mol. The van der Waals surface area contributed by atoms with E-state index in [9.17, 15) is 4.79 Å². The van der Waals surface area contributed by atoms with Crippen molar-refractivity contribution >= 4 is 5.91 Å². The van der Waals surface area contributed by atoms with E-state index < -0.39 is 0 Å². The van der Waals surface area contributed by atoms with Crippen molar-refractivity contribution in [2.45, 2.75) is 13.8 Å². The van der Waals surface area contributed by atoms with Gasteiger partial charge >= 0.3 is 0 Å². The highest BCUT2D eigenvalue weighted by atomic mass is 16.5. The summed E-state index contributed by atoms with van der Waals surface area (Å²) < 4.78 is 5.45. The van der Waals surface area contributed by atoms with Crippen LogP contribution in [-0.2, 0) is 4.74 Å². The lowest BCUT2D eigenvalue weighted by atomic mass is 10.0. The van der Waals surface area contributed by atoms with Gasteiger partial charge in [-0.05, 0) is 25.0 Å². The number of ether oxygens (including phenoxy) is 1. The average Bonchev–Trinajstić information content (AvgIpc) is 2.88. The lowest BCUT2D eigenvalue weighted by molar-refractivity contribution is 0.0750. The molecular formula is C15H19NO2. The molecule has 2 saturated heterocycles. The predicted octanol–water partition coefficient (Wildman–Crippen LogP) is 2.02. The maximum absolute atomic E-state index is 12.6. The van der Waals surface area contributed by atoms with Gasteiger partial charge in [-0.25, -0.2) is 0 Å². The van der Waals surface area contributed by atoms with E-state index >= 15 is 0 Å². The third kappa shape index (κ3) is 1.83. The molecule has 3 heteroatoms. The lowest BCUT2D eigenvalue weighted by Gasteiger charge is -2.20. The Hall–Kier alpha value is -1.35. The van der Waals surface area contributed by atoms with Gasteiger partial charge in [0, 0.05) is 30.5 Å². The Morgan fingerprint density at radius 2 is 1.72 bits per heavy atom. The molecule has 1 amide bonds. The number of benzene rings is 1. The van der Waals surface area contributed by atoms with Crippen LogP contribution in [0.3, 0.4) is 0 Å². The molecule has 2 atom stereocenters. The molecule has 0 N–H and O–H groups in total. The van der Waals surface area contributed by atoms with Crippen molar-refractivity contribution in [3.05, 3.63) is 34.9 Å². The Morgan fingerprint density at radius 3 is 2.28 bits per heavy atom. The minimum atomic E-state index is 0.194. The van der Waals surface area contributed by atoms with Crippen LogP contribution in [0, 0.1) is 25.7 Å². The van der Waals surface area contributed by atoms with Crippen LogP contribution in [-0.4, -0.2) is 37.1 Å². The van der Waals surface area contributed by atoms with Crippen LogP contribution in [0.2, 0.25) is 0 Å². The number of hydrogen-bond donors (Lipinski definition) is 0. The molecule has 1 aromatic rings. The fourth-order valence-corrected chi connectivity index (χ4v) is 3.16. The highest BCUT2D eigenvalue weighted by Gasteiger charge is 2.39. The van der Waals surface area contributed by atoms with E-state index in [0.717, 1.165) is 43.0 Å². The van der Waals surface area contributed by atoms with E-state index in [1.54, 1.807) is 0 Å². The third-order valence-electron chi connectivity index (χ3n) is 4.22. The minimum absolute atomic E-state index is 0.194. The summed E-state index contributed by atoms with van der Waals surface area (Å²) in [5, 5.41) is 0. The molecule has 3 rings (SSSR count). The highest BCUT2D eigenvalue weighted by molar-refractivity contribution is 5.97. The first-order chi connectivity index (χ1) is 8.66. The molecule has 0 aromatic heterocycles. The fraction of sp³-hybridized carbons (Fsp3) is 0.533. The summed E-state index contributed by atoms with van der Waals surface area (Å²) in [6.07, 6.45) is 0. The molecule has 2 fully saturated rings. The van der Waals surface area contributed by atoms with Crippen LogP contribution in [0.25, 0.3) is 0 Å². The van der Waals surface area contributed by atoms with Crippen molar-refractivity contribution < 1.29 is 9.53 Å². The Labute approximate surface area is 108 Å². The normalized spacial score (nSPS) is 26.4. The lowest BCUT2D eigenvalue weighted by Crippen LogP contribution is -2.31. The maximum atomic E-state index is 12.6. The summed E-state index contributed by atoms with van der Waals surface area (Å²) in [4.78, 5) is 14.6. The standard InChI is InChI=1S/C15H19NO2/c1-10-4-3-5-11(2)14(10)15(17)16-6-12-8-18-9-13(12)7-16/h3-5,12-13H,6-9H2,1-2H3. The Bertz CT molecular complexity index is 451. The van der Waals surface area contributed by atoms with Gasteiger partial charge in [0.2, 0.25) is 0 Å². The first kappa shape index (κ1) is 11.7. The molecule has 2 unspecified atom stereocenters. The van der Waals surface area contributed by atoms with Gasteiger partial charge in [0.05, 0.1) is 13.2 Å². The van der Waals surface area contributed by atoms with Crippen LogP contribution in [0.5, 0.6) is 0 Å². The van der Waals surface area contributed by atoms with Crippen molar-refractivity contribution in [3.8, 4) is 0 Å². The molecule has 1 aromatic carbocycles. The average molecular weight is 245 g/mol. The SMILES string of the molecule is Cc1cccc(C)c1C(=O)N1CC2COCC2C1. The fourth-order valence-electron chi connectivity index (χ4n) is 3.16. The molecule has 2 heterocycles. The van der Waals surface area contributed by atoms with Gasteiger partial charge < -0.3 is 9.64 Å². The number of carbonyl (C=O) groups excluding carboxylic acids is 1. The van der Waals surface area contributed by atoms with E-state index in [4.69, 9.17) is 4.74 Å². The first-order valence-electron chi connectivity index (χ1n) is 6.60. The number of rotatable bonds is 1. The molecule has 18 heavy (non-hydrogen) atoms. The zero-order valence-electron chi connectivity index (χ0n) is 11.0. The summed E-state index contributed by atoms with van der Waals surface area (Å²) >= 11 is 0. The summed E-state index contributed by atoms with van der Waals surface area (Å²) in [6, 6.07) is 6.04. The molecule has 0 aliphatic carbocycles. The van der Waals surface area contributed by atoms with Gasteiger partial charge in [0.25, 0.3) is 5.91 Å². The zero-order valence-corrected chi connectivity index (χ0v) is 11.0. The second-order valence-electron chi connectivity index (χ2n) is 5.53. The van der Waals surface area contributed by atoms with Crippen LogP contribution in [0.15, 0.2) is 18.2 Å². The topological polar surface area (TPSA) is 29.5 Å². The largest absolute Gasteiger partial charge is 0.381 e. The van der Waals surface area contributed by atoms with E-state index in [1.165, 1.54) is 0 Å². The summed E-state index contributed by atoms with van der Waals surface area (Å²) in [5.74, 6) is 1.30. The van der Waals surface area contributed by atoms with Crippen LogP contribution in [0.1, 0.15) is 21.5 Å². The van der Waals surface area contributed by atoms with Crippen LogP contribution in [0.4, 0.5) is 0 Å². The summed E-state index contributed by atoms with van der Waals surface area (Å²) in [7, 11) is 0. The van der Waals surface area contributed by atoms with Crippen molar-refractivity contribution in [1.29, 1.82) is 0 Å². The number of amides is 1. The number of fused-ring (bicyclic) bond motifs is 1. The van der Waals surface area contributed by atoms with Gasteiger partial charge in [-0.3, -0.25) is 4.79 Å². The second kappa shape index (κ2) is 4.39. The number of carbonyl (C=O) groups is 1. The number of likely N-dealkylation sites (tertiary alicyclic amines) is 1. The van der Waals surface area contributed by atoms with Crippen molar-refractivity contribution in [2.24, 2.45) is 11.8 Å². The Balaban J connectivity index is 1.83. The van der Waals surface area contributed by atoms with E-state index in [1.807, 2.05) is 36.9 Å². The first-order valence-corrected chi connectivity index (χ1v) is 6.60. The highest BCUT2D eigenvalue weighted by Crippen LogP contribution is 2.30. The van der Waals surface area contributed by atoms with Gasteiger partial charge in [0.15, 0.2) is 0 Å². The van der Waals surface area contributed by atoms with Gasteiger partial charge in [-0.1, -0.05) is 18.2 Å². The van der Waals surface area contributed by atoms with Gasteiger partial charge in [0.1, 0.15) is 0 Å². The zero-order chi connectivity index (χ0) is 12.7. The monoisotopic (exact) mass is 245 g/mol. The summed E-state index contributed by atoms with van der Waals surface area (Å²) in [6.45, 7) is 7.39. The molecule has 0 bridgehead atoms. The molecule has 0 saturated carbocycles. The minimum Gasteiger partial charge on any atom is -0.381 e. The third-order valence-corrected chi connectivity index (χ3v) is 4.22. The summed E-state index contributed by atoms with van der Waals surface area (Å²) in [5.41, 5.74) is 3.04. The Morgan fingerprint density at radius 1 is 1.17 bits per heavy atom. The predicted molar refractivity (Wildman–Crippen MR) is 69.6 cm³/mol. The molecule has 0 radical (unpaired) electrons. The van der Waals surface area contributed by atoms with Crippen molar-refractivity contribution in [3.63, 3.8) is 0 Å². The maximum Gasteiger partial charge on any atom is 0.254 e. The number of aryl methyl sites for hydroxylation is 2. The Kier molecular flexibility index (Phi) is 2.86. The molecule has 3 nitrogen and oxygen atoms in total. The smallest absolute Gasteiger partial charge is 0.254 e. The van der Waals surface area contributed by atoms with E-state index in [0.29, 0.717) is 11.8 Å². The van der Waals surface area contributed by atoms with Gasteiger partial charge in [-0.2, -0.15) is 0 Å². The molecule has 2 aliphatic heterocycles. The van der Waals surface area contributed by atoms with Crippen LogP contribution < -0.4 is 0 Å². The van der Waals surface area contributed by atoms with Crippen LogP contribution >= 0.6 is 0 Å². The number of nitrogens with zero attached hydrogens (tertiary/aromatic N) is 1. The molecule has 96 valence electrons. The van der Waals surface area contributed by atoms with E-state index in [2.05, 4.69) is 0 Å². The molecule has 2 aliphatic rings. The quantitative estimate of drug-likeness (QED) is 0.757. The molecule has 0 spiro atoms. The van der Waals surface area contributed by atoms with Crippen molar-refractivity contribution in [1.82, 2.24) is 4.90 Å². The number of hydrogen-bond acceptors (Lipinski definition) is 2.